The summed E-state index contributed by atoms with van der Waals surface area (Å²) >= 11 is 0. The Morgan fingerprint density at radius 3 is 2.11 bits per heavy atom. The van der Waals surface area contributed by atoms with E-state index in [1.807, 2.05) is 36.4 Å². The zero-order chi connectivity index (χ0) is 24.7. The van der Waals surface area contributed by atoms with Gasteiger partial charge >= 0.3 is 0 Å². The number of halogens is 1. The number of benzene rings is 2. The van der Waals surface area contributed by atoms with Gasteiger partial charge in [-0.2, -0.15) is 0 Å². The van der Waals surface area contributed by atoms with Gasteiger partial charge in [0.1, 0.15) is 18.5 Å². The van der Waals surface area contributed by atoms with Gasteiger partial charge in [0, 0.05) is 6.92 Å². The van der Waals surface area contributed by atoms with Crippen molar-refractivity contribution in [2.45, 2.75) is 83.1 Å². The minimum absolute atomic E-state index is 0. The molecule has 0 bridgehead atoms. The maximum absolute atomic E-state index is 13.4. The normalized spacial score (nSPS) is 20.0. The fourth-order valence-electron chi connectivity index (χ4n) is 6.70. The Labute approximate surface area is 235 Å². The second kappa shape index (κ2) is 13.6. The first-order valence-electron chi connectivity index (χ1n) is 13.8. The molecule has 2 N–H and O–H groups in total. The SMILES string of the molecule is CCCCCCCC[N+]1=C(C)N([C@@H]2CC[C@H](C(C(N)=O)(c3ccccc3)c3ccccc3)C2)CC1.[I-]. The van der Waals surface area contributed by atoms with Crippen molar-refractivity contribution in [3.63, 3.8) is 0 Å². The number of rotatable bonds is 12. The number of hydrogen-bond donors (Lipinski definition) is 1. The lowest BCUT2D eigenvalue weighted by Gasteiger charge is -2.37. The highest BCUT2D eigenvalue weighted by Crippen LogP contribution is 2.48. The number of nitrogens with zero attached hydrogens (tertiary/aromatic N) is 2. The van der Waals surface area contributed by atoms with Crippen LogP contribution in [0.1, 0.15) is 82.8 Å². The molecule has 2 aliphatic rings. The summed E-state index contributed by atoms with van der Waals surface area (Å²) in [5.74, 6) is 1.39. The maximum atomic E-state index is 13.4. The van der Waals surface area contributed by atoms with Crippen LogP contribution in [0.15, 0.2) is 60.7 Å². The minimum Gasteiger partial charge on any atom is -1.00 e. The summed E-state index contributed by atoms with van der Waals surface area (Å²) in [4.78, 5) is 16.0. The van der Waals surface area contributed by atoms with Crippen LogP contribution >= 0.6 is 0 Å². The molecule has 1 aliphatic carbocycles. The number of primary amides is 1. The van der Waals surface area contributed by atoms with Gasteiger partial charge in [0.15, 0.2) is 0 Å². The van der Waals surface area contributed by atoms with Gasteiger partial charge in [-0.05, 0) is 49.1 Å². The molecule has 1 saturated carbocycles. The van der Waals surface area contributed by atoms with Crippen LogP contribution in [0.3, 0.4) is 0 Å². The first-order chi connectivity index (χ1) is 17.1. The van der Waals surface area contributed by atoms with Gasteiger partial charge < -0.3 is 29.7 Å². The summed E-state index contributed by atoms with van der Waals surface area (Å²) in [6.07, 6.45) is 11.2. The highest BCUT2D eigenvalue weighted by atomic mass is 127. The average Bonchev–Trinajstić information content (AvgIpc) is 3.50. The van der Waals surface area contributed by atoms with E-state index in [1.54, 1.807) is 0 Å². The molecule has 2 aromatic rings. The topological polar surface area (TPSA) is 49.3 Å². The summed E-state index contributed by atoms with van der Waals surface area (Å²) in [7, 11) is 0. The highest BCUT2D eigenvalue weighted by molar-refractivity contribution is 5.91. The van der Waals surface area contributed by atoms with Crippen LogP contribution in [0.25, 0.3) is 0 Å². The van der Waals surface area contributed by atoms with Crippen molar-refractivity contribution >= 4 is 11.7 Å². The van der Waals surface area contributed by atoms with Crippen LogP contribution in [-0.4, -0.2) is 46.9 Å². The van der Waals surface area contributed by atoms with Crippen LogP contribution in [0.5, 0.6) is 0 Å². The minimum atomic E-state index is -0.789. The van der Waals surface area contributed by atoms with E-state index in [4.69, 9.17) is 5.73 Å². The van der Waals surface area contributed by atoms with Crippen LogP contribution < -0.4 is 29.7 Å². The fraction of sp³-hybridized carbons (Fsp3) is 0.548. The van der Waals surface area contributed by atoms with Crippen molar-refractivity contribution in [1.82, 2.24) is 4.90 Å². The lowest BCUT2D eigenvalue weighted by Crippen LogP contribution is -3.00. The van der Waals surface area contributed by atoms with Crippen LogP contribution in [0, 0.1) is 5.92 Å². The van der Waals surface area contributed by atoms with E-state index >= 15 is 0 Å². The predicted molar refractivity (Wildman–Crippen MR) is 145 cm³/mol. The maximum Gasteiger partial charge on any atom is 0.244 e. The molecule has 0 spiro atoms. The van der Waals surface area contributed by atoms with Crippen molar-refractivity contribution in [3.05, 3.63) is 71.8 Å². The van der Waals surface area contributed by atoms with E-state index in [-0.39, 0.29) is 35.8 Å². The van der Waals surface area contributed by atoms with Gasteiger partial charge in [0.05, 0.1) is 12.6 Å². The highest BCUT2D eigenvalue weighted by Gasteiger charge is 2.52. The van der Waals surface area contributed by atoms with Crippen LogP contribution in [0.4, 0.5) is 0 Å². The Morgan fingerprint density at radius 2 is 1.53 bits per heavy atom. The van der Waals surface area contributed by atoms with Crippen LogP contribution in [0.2, 0.25) is 0 Å². The molecular weight excluding hydrogens is 557 g/mol. The van der Waals surface area contributed by atoms with Crippen LogP contribution in [-0.2, 0) is 10.2 Å². The molecule has 1 aliphatic heterocycles. The number of amides is 1. The van der Waals surface area contributed by atoms with E-state index in [2.05, 4.69) is 47.6 Å². The van der Waals surface area contributed by atoms with Crippen molar-refractivity contribution in [3.8, 4) is 0 Å². The van der Waals surface area contributed by atoms with Gasteiger partial charge in [-0.3, -0.25) is 14.3 Å². The summed E-state index contributed by atoms with van der Waals surface area (Å²) < 4.78 is 2.59. The molecule has 0 saturated heterocycles. The summed E-state index contributed by atoms with van der Waals surface area (Å²) in [6, 6.07) is 20.9. The molecule has 36 heavy (non-hydrogen) atoms. The number of carbonyl (C=O) groups is 1. The van der Waals surface area contributed by atoms with E-state index in [0.29, 0.717) is 6.04 Å². The molecule has 2 aromatic carbocycles. The monoisotopic (exact) mass is 601 g/mol. The lowest BCUT2D eigenvalue weighted by molar-refractivity contribution is -0.519. The lowest BCUT2D eigenvalue weighted by atomic mass is 9.64. The Balaban J connectivity index is 0.00000361. The molecule has 4 rings (SSSR count). The van der Waals surface area contributed by atoms with E-state index in [0.717, 1.165) is 43.5 Å². The number of amidine groups is 1. The summed E-state index contributed by atoms with van der Waals surface area (Å²) in [5.41, 5.74) is 7.56. The Hall–Kier alpha value is -1.89. The van der Waals surface area contributed by atoms with Crippen molar-refractivity contribution in [2.24, 2.45) is 11.7 Å². The van der Waals surface area contributed by atoms with E-state index in [1.165, 1.54) is 50.9 Å². The molecular formula is C31H44IN3O. The van der Waals surface area contributed by atoms with Crippen molar-refractivity contribution < 1.29 is 33.3 Å². The number of unbranched alkanes of at least 4 members (excludes halogenated alkanes) is 5. The van der Waals surface area contributed by atoms with Gasteiger partial charge in [0.2, 0.25) is 11.7 Å². The first-order valence-corrected chi connectivity index (χ1v) is 13.8. The zero-order valence-electron chi connectivity index (χ0n) is 22.2. The van der Waals surface area contributed by atoms with Crippen molar-refractivity contribution in [2.75, 3.05) is 19.6 Å². The van der Waals surface area contributed by atoms with Gasteiger partial charge in [-0.25, -0.2) is 0 Å². The number of carbonyl (C=O) groups excluding carboxylic acids is 1. The predicted octanol–water partition coefficient (Wildman–Crippen LogP) is 2.74. The number of hydrogen-bond acceptors (Lipinski definition) is 2. The standard InChI is InChI=1S/C31H43N3O.HI/c1-3-4-5-6-7-14-21-33-22-23-34(25(33)2)29-20-19-28(24-29)31(30(32)35,26-15-10-8-11-16-26)27-17-12-9-13-18-27;/h8-13,15-18,28-29H,3-7,14,19-24H2,1-2H3,(H-,32,35);1H/t28-,29+;/m0./s1. The Morgan fingerprint density at radius 1 is 0.944 bits per heavy atom. The Kier molecular flexibility index (Phi) is 10.8. The molecule has 0 aromatic heterocycles. The average molecular weight is 602 g/mol. The molecule has 4 nitrogen and oxygen atoms in total. The summed E-state index contributed by atoms with van der Waals surface area (Å²) in [6.45, 7) is 7.97. The van der Waals surface area contributed by atoms with E-state index in [9.17, 15) is 4.79 Å². The van der Waals surface area contributed by atoms with Gasteiger partial charge in [0.25, 0.3) is 0 Å². The molecule has 2 atom stereocenters. The summed E-state index contributed by atoms with van der Waals surface area (Å²) in [5, 5.41) is 0. The fourth-order valence-corrected chi connectivity index (χ4v) is 6.70. The van der Waals surface area contributed by atoms with Gasteiger partial charge in [-0.1, -0.05) is 93.3 Å². The largest absolute Gasteiger partial charge is 1.00 e. The Bertz CT molecular complexity index is 952. The van der Waals surface area contributed by atoms with E-state index < -0.39 is 5.41 Å². The van der Waals surface area contributed by atoms with Crippen molar-refractivity contribution in [1.29, 1.82) is 0 Å². The first kappa shape index (κ1) is 28.7. The molecule has 1 fully saturated rings. The number of nitrogens with two attached hydrogens (primary N) is 1. The molecule has 1 amide bonds. The molecule has 5 heteroatoms. The molecule has 0 unspecified atom stereocenters. The second-order valence-corrected chi connectivity index (χ2v) is 10.6. The third kappa shape index (κ3) is 5.98. The zero-order valence-corrected chi connectivity index (χ0v) is 24.3. The smallest absolute Gasteiger partial charge is 0.244 e. The quantitative estimate of drug-likeness (QED) is 0.231. The second-order valence-electron chi connectivity index (χ2n) is 10.6. The molecule has 0 radical (unpaired) electrons. The molecule has 1 heterocycles. The molecule has 196 valence electrons. The third-order valence-corrected chi connectivity index (χ3v) is 8.57. The third-order valence-electron chi connectivity index (χ3n) is 8.57. The van der Waals surface area contributed by atoms with Gasteiger partial charge in [-0.15, -0.1) is 0 Å².